The van der Waals surface area contributed by atoms with Gasteiger partial charge in [-0.25, -0.2) is 0 Å². The summed E-state index contributed by atoms with van der Waals surface area (Å²) in [6.45, 7) is 3.78. The monoisotopic (exact) mass is 345 g/mol. The van der Waals surface area contributed by atoms with E-state index in [1.165, 1.54) is 21.5 Å². The van der Waals surface area contributed by atoms with Crippen molar-refractivity contribution in [1.29, 1.82) is 0 Å². The molecule has 0 bridgehead atoms. The highest BCUT2D eigenvalue weighted by Crippen LogP contribution is 2.15. The Balaban J connectivity index is 2.08. The molecule has 1 saturated heterocycles. The normalized spacial score (nSPS) is 16.8. The number of benzene rings is 1. The van der Waals surface area contributed by atoms with Gasteiger partial charge in [-0.3, -0.25) is 0 Å². The zero-order valence-corrected chi connectivity index (χ0v) is 14.8. The van der Waals surface area contributed by atoms with E-state index in [4.69, 9.17) is 11.6 Å². The molecule has 7 heteroatoms. The minimum Gasteiger partial charge on any atom is -0.302 e. The molecular formula is C15H24ClN3O2S. The Hall–Kier alpha value is -0.660. The highest BCUT2D eigenvalue weighted by atomic mass is 35.5. The Labute approximate surface area is 138 Å². The Morgan fingerprint density at radius 3 is 2.27 bits per heavy atom. The molecule has 0 amide bonds. The number of halogens is 1. The van der Waals surface area contributed by atoms with Gasteiger partial charge in [0.2, 0.25) is 0 Å². The van der Waals surface area contributed by atoms with Crippen molar-refractivity contribution in [3.63, 3.8) is 0 Å². The van der Waals surface area contributed by atoms with Crippen molar-refractivity contribution in [3.05, 3.63) is 34.9 Å². The summed E-state index contributed by atoms with van der Waals surface area (Å²) < 4.78 is 27.8. The highest BCUT2D eigenvalue weighted by molar-refractivity contribution is 7.86. The Kier molecular flexibility index (Phi) is 6.23. The van der Waals surface area contributed by atoms with E-state index in [2.05, 4.69) is 4.90 Å². The minimum absolute atomic E-state index is 0.367. The van der Waals surface area contributed by atoms with Gasteiger partial charge in [0.15, 0.2) is 0 Å². The van der Waals surface area contributed by atoms with Gasteiger partial charge in [0, 0.05) is 38.8 Å². The third-order valence-corrected chi connectivity index (χ3v) is 6.06. The summed E-state index contributed by atoms with van der Waals surface area (Å²) >= 11 is 5.89. The fourth-order valence-corrected chi connectivity index (χ4v) is 3.77. The van der Waals surface area contributed by atoms with E-state index in [9.17, 15) is 8.42 Å². The SMILES string of the molecule is CN(C)S(=O)(=O)N(CCN1CCCC1)Cc1ccc(Cl)cc1. The Morgan fingerprint density at radius 1 is 1.14 bits per heavy atom. The lowest BCUT2D eigenvalue weighted by Crippen LogP contribution is -2.43. The molecule has 22 heavy (non-hydrogen) atoms. The van der Waals surface area contributed by atoms with E-state index in [0.717, 1.165) is 25.2 Å². The molecule has 0 radical (unpaired) electrons. The summed E-state index contributed by atoms with van der Waals surface area (Å²) in [6, 6.07) is 7.32. The van der Waals surface area contributed by atoms with Crippen molar-refractivity contribution < 1.29 is 8.42 Å². The summed E-state index contributed by atoms with van der Waals surface area (Å²) in [5.41, 5.74) is 0.941. The van der Waals surface area contributed by atoms with E-state index in [1.54, 1.807) is 26.2 Å². The van der Waals surface area contributed by atoms with Crippen molar-refractivity contribution in [2.45, 2.75) is 19.4 Å². The van der Waals surface area contributed by atoms with Crippen molar-refractivity contribution in [2.24, 2.45) is 0 Å². The van der Waals surface area contributed by atoms with Crippen LogP contribution in [0.2, 0.25) is 5.02 Å². The van der Waals surface area contributed by atoms with E-state index in [0.29, 0.717) is 18.1 Å². The third kappa shape index (κ3) is 4.67. The van der Waals surface area contributed by atoms with Gasteiger partial charge < -0.3 is 4.90 Å². The van der Waals surface area contributed by atoms with Crippen LogP contribution in [0.15, 0.2) is 24.3 Å². The van der Waals surface area contributed by atoms with E-state index >= 15 is 0 Å². The number of likely N-dealkylation sites (tertiary alicyclic amines) is 1. The average Bonchev–Trinajstić information content (AvgIpc) is 2.98. The molecule has 1 aliphatic rings. The fourth-order valence-electron chi connectivity index (χ4n) is 2.56. The third-order valence-electron chi connectivity index (χ3n) is 3.92. The van der Waals surface area contributed by atoms with Gasteiger partial charge >= 0.3 is 0 Å². The first-order valence-corrected chi connectivity index (χ1v) is 9.31. The van der Waals surface area contributed by atoms with E-state index in [1.807, 2.05) is 12.1 Å². The van der Waals surface area contributed by atoms with Gasteiger partial charge in [-0.05, 0) is 43.6 Å². The molecule has 0 atom stereocenters. The van der Waals surface area contributed by atoms with Crippen molar-refractivity contribution >= 4 is 21.8 Å². The zero-order valence-electron chi connectivity index (χ0n) is 13.2. The first kappa shape index (κ1) is 17.7. The first-order valence-electron chi connectivity index (χ1n) is 7.54. The second-order valence-corrected chi connectivity index (χ2v) is 8.38. The lowest BCUT2D eigenvalue weighted by Gasteiger charge is -2.27. The summed E-state index contributed by atoms with van der Waals surface area (Å²) in [4.78, 5) is 2.32. The number of hydrogen-bond acceptors (Lipinski definition) is 3. The second-order valence-electron chi connectivity index (χ2n) is 5.80. The number of rotatable bonds is 7. The smallest absolute Gasteiger partial charge is 0.281 e. The average molecular weight is 346 g/mol. The summed E-state index contributed by atoms with van der Waals surface area (Å²) in [5, 5.41) is 0.655. The molecule has 5 nitrogen and oxygen atoms in total. The summed E-state index contributed by atoms with van der Waals surface area (Å²) in [6.07, 6.45) is 2.41. The van der Waals surface area contributed by atoms with E-state index in [-0.39, 0.29) is 0 Å². The fraction of sp³-hybridized carbons (Fsp3) is 0.600. The summed E-state index contributed by atoms with van der Waals surface area (Å²) in [7, 11) is -0.293. The van der Waals surface area contributed by atoms with Crippen LogP contribution in [0.5, 0.6) is 0 Å². The molecule has 2 rings (SSSR count). The van der Waals surface area contributed by atoms with Gasteiger partial charge in [0.1, 0.15) is 0 Å². The topological polar surface area (TPSA) is 43.9 Å². The molecule has 1 aliphatic heterocycles. The second kappa shape index (κ2) is 7.75. The van der Waals surface area contributed by atoms with Gasteiger partial charge in [0.05, 0.1) is 0 Å². The van der Waals surface area contributed by atoms with Crippen LogP contribution in [0.1, 0.15) is 18.4 Å². The lowest BCUT2D eigenvalue weighted by molar-refractivity contribution is 0.283. The van der Waals surface area contributed by atoms with Crippen molar-refractivity contribution in [2.75, 3.05) is 40.3 Å². The Bertz CT molecular complexity index is 569. The van der Waals surface area contributed by atoms with Crippen molar-refractivity contribution in [3.8, 4) is 0 Å². The van der Waals surface area contributed by atoms with Crippen LogP contribution in [-0.4, -0.2) is 62.2 Å². The van der Waals surface area contributed by atoms with Gasteiger partial charge in [-0.2, -0.15) is 17.0 Å². The number of nitrogens with zero attached hydrogens (tertiary/aromatic N) is 3. The molecular weight excluding hydrogens is 322 g/mol. The minimum atomic E-state index is -3.43. The standard InChI is InChI=1S/C15H24ClN3O2S/c1-17(2)22(20,21)19(12-11-18-9-3-4-10-18)13-14-5-7-15(16)8-6-14/h5-8H,3-4,9-13H2,1-2H3. The van der Waals surface area contributed by atoms with Gasteiger partial charge in [-0.15, -0.1) is 0 Å². The maximum atomic E-state index is 12.5. The molecule has 1 aromatic carbocycles. The molecule has 0 saturated carbocycles. The van der Waals surface area contributed by atoms with Gasteiger partial charge in [-0.1, -0.05) is 23.7 Å². The predicted molar refractivity (Wildman–Crippen MR) is 90.1 cm³/mol. The molecule has 0 aliphatic carbocycles. The van der Waals surface area contributed by atoms with Crippen LogP contribution in [0.25, 0.3) is 0 Å². The molecule has 0 unspecified atom stereocenters. The molecule has 1 heterocycles. The van der Waals surface area contributed by atoms with Gasteiger partial charge in [0.25, 0.3) is 10.2 Å². The van der Waals surface area contributed by atoms with Crippen LogP contribution in [0.4, 0.5) is 0 Å². The van der Waals surface area contributed by atoms with Crippen LogP contribution in [-0.2, 0) is 16.8 Å². The molecule has 0 aromatic heterocycles. The van der Waals surface area contributed by atoms with Crippen LogP contribution in [0.3, 0.4) is 0 Å². The number of hydrogen-bond donors (Lipinski definition) is 0. The molecule has 1 fully saturated rings. The zero-order chi connectivity index (χ0) is 16.2. The molecule has 1 aromatic rings. The molecule has 124 valence electrons. The maximum absolute atomic E-state index is 12.5. The predicted octanol–water partition coefficient (Wildman–Crippen LogP) is 2.04. The quantitative estimate of drug-likeness (QED) is 0.759. The van der Waals surface area contributed by atoms with E-state index < -0.39 is 10.2 Å². The van der Waals surface area contributed by atoms with Crippen LogP contribution in [0, 0.1) is 0 Å². The summed E-state index contributed by atoms with van der Waals surface area (Å²) in [5.74, 6) is 0. The Morgan fingerprint density at radius 2 is 1.73 bits per heavy atom. The van der Waals surface area contributed by atoms with Crippen LogP contribution >= 0.6 is 11.6 Å². The largest absolute Gasteiger partial charge is 0.302 e. The molecule has 0 N–H and O–H groups in total. The van der Waals surface area contributed by atoms with Crippen LogP contribution < -0.4 is 0 Å². The van der Waals surface area contributed by atoms with Crippen molar-refractivity contribution in [1.82, 2.24) is 13.5 Å². The molecule has 0 spiro atoms. The lowest BCUT2D eigenvalue weighted by atomic mass is 10.2. The first-order chi connectivity index (χ1) is 10.4. The maximum Gasteiger partial charge on any atom is 0.281 e. The highest BCUT2D eigenvalue weighted by Gasteiger charge is 2.25.